The third-order valence-corrected chi connectivity index (χ3v) is 2.59. The van der Waals surface area contributed by atoms with Crippen LogP contribution in [0.2, 0.25) is 5.15 Å². The Kier molecular flexibility index (Phi) is 3.76. The molecule has 0 saturated carbocycles. The molecule has 8 heteroatoms. The molecule has 0 aliphatic heterocycles. The van der Waals surface area contributed by atoms with Gasteiger partial charge in [0.25, 0.3) is 0 Å². The van der Waals surface area contributed by atoms with E-state index in [0.29, 0.717) is 11.4 Å². The van der Waals surface area contributed by atoms with E-state index in [4.69, 9.17) is 16.3 Å². The van der Waals surface area contributed by atoms with E-state index in [1.165, 1.54) is 0 Å². The fourth-order valence-electron chi connectivity index (χ4n) is 1.42. The summed E-state index contributed by atoms with van der Waals surface area (Å²) >= 11 is 5.69. The molecule has 1 aromatic heterocycles. The molecule has 1 heterocycles. The predicted molar refractivity (Wildman–Crippen MR) is 70.0 cm³/mol. The van der Waals surface area contributed by atoms with Crippen molar-refractivity contribution in [3.8, 4) is 5.75 Å². The molecule has 98 valence electrons. The molecule has 0 amide bonds. The Balaban J connectivity index is 2.32. The molecule has 7 nitrogen and oxygen atoms in total. The quantitative estimate of drug-likeness (QED) is 0.526. The van der Waals surface area contributed by atoms with Gasteiger partial charge in [-0.1, -0.05) is 11.6 Å². The van der Waals surface area contributed by atoms with Crippen LogP contribution in [0.15, 0.2) is 30.6 Å². The maximum absolute atomic E-state index is 10.9. The van der Waals surface area contributed by atoms with Crippen LogP contribution >= 0.6 is 11.6 Å². The molecular weight excluding hydrogens is 272 g/mol. The molecule has 19 heavy (non-hydrogen) atoms. The fourth-order valence-corrected chi connectivity index (χ4v) is 1.62. The van der Waals surface area contributed by atoms with Crippen molar-refractivity contribution in [3.63, 3.8) is 0 Å². The van der Waals surface area contributed by atoms with Gasteiger partial charge in [0.05, 0.1) is 12.0 Å². The summed E-state index contributed by atoms with van der Waals surface area (Å²) in [4.78, 5) is 17.7. The van der Waals surface area contributed by atoms with E-state index in [9.17, 15) is 10.1 Å². The minimum absolute atomic E-state index is 0.0372. The lowest BCUT2D eigenvalue weighted by atomic mass is 10.3. The first-order valence-corrected chi connectivity index (χ1v) is 5.55. The Morgan fingerprint density at radius 1 is 1.32 bits per heavy atom. The molecule has 0 atom stereocenters. The van der Waals surface area contributed by atoms with E-state index >= 15 is 0 Å². The average molecular weight is 281 g/mol. The van der Waals surface area contributed by atoms with Crippen molar-refractivity contribution in [2.75, 3.05) is 12.4 Å². The van der Waals surface area contributed by atoms with Gasteiger partial charge in [-0.05, 0) is 24.3 Å². The standard InChI is InChI=1S/C11H9ClN4O3/c1-19-8-4-2-7(3-5-8)15-11-9(16(17)18)10(12)13-6-14-11/h2-6H,1H3,(H,13,14,15). The topological polar surface area (TPSA) is 90.2 Å². The van der Waals surface area contributed by atoms with Crippen molar-refractivity contribution in [1.29, 1.82) is 0 Å². The van der Waals surface area contributed by atoms with E-state index in [1.807, 2.05) is 0 Å². The molecule has 0 saturated heterocycles. The van der Waals surface area contributed by atoms with E-state index in [-0.39, 0.29) is 16.7 Å². The number of hydrogen-bond donors (Lipinski definition) is 1. The first-order chi connectivity index (χ1) is 9.11. The second-order valence-corrected chi connectivity index (χ2v) is 3.83. The number of benzene rings is 1. The largest absolute Gasteiger partial charge is 0.497 e. The number of nitrogens with one attached hydrogen (secondary N) is 1. The Labute approximate surface area is 113 Å². The molecule has 0 bridgehead atoms. The molecule has 2 aromatic rings. The number of rotatable bonds is 4. The highest BCUT2D eigenvalue weighted by Crippen LogP contribution is 2.30. The van der Waals surface area contributed by atoms with E-state index < -0.39 is 4.92 Å². The number of hydrogen-bond acceptors (Lipinski definition) is 6. The second-order valence-electron chi connectivity index (χ2n) is 3.47. The van der Waals surface area contributed by atoms with Gasteiger partial charge in [0.2, 0.25) is 11.0 Å². The van der Waals surface area contributed by atoms with E-state index in [0.717, 1.165) is 6.33 Å². The first-order valence-electron chi connectivity index (χ1n) is 5.18. The fraction of sp³-hybridized carbons (Fsp3) is 0.0909. The van der Waals surface area contributed by atoms with Gasteiger partial charge in [0.1, 0.15) is 12.1 Å². The van der Waals surface area contributed by atoms with Gasteiger partial charge < -0.3 is 10.1 Å². The number of anilines is 2. The zero-order valence-electron chi connectivity index (χ0n) is 9.83. The lowest BCUT2D eigenvalue weighted by molar-refractivity contribution is -0.384. The van der Waals surface area contributed by atoms with Crippen LogP contribution < -0.4 is 10.1 Å². The van der Waals surface area contributed by atoms with E-state index in [2.05, 4.69) is 15.3 Å². The zero-order valence-corrected chi connectivity index (χ0v) is 10.6. The van der Waals surface area contributed by atoms with Crippen molar-refractivity contribution in [3.05, 3.63) is 45.9 Å². The normalized spacial score (nSPS) is 10.0. The van der Waals surface area contributed by atoms with Crippen LogP contribution in [-0.2, 0) is 0 Å². The molecule has 0 spiro atoms. The lowest BCUT2D eigenvalue weighted by Gasteiger charge is -2.07. The number of ether oxygens (including phenoxy) is 1. The van der Waals surface area contributed by atoms with Gasteiger partial charge in [0, 0.05) is 5.69 Å². The summed E-state index contributed by atoms with van der Waals surface area (Å²) in [5.74, 6) is 0.718. The monoisotopic (exact) mass is 280 g/mol. The summed E-state index contributed by atoms with van der Waals surface area (Å²) in [6.07, 6.45) is 1.15. The zero-order chi connectivity index (χ0) is 13.8. The molecule has 2 rings (SSSR count). The van der Waals surface area contributed by atoms with Gasteiger partial charge in [-0.2, -0.15) is 0 Å². The van der Waals surface area contributed by atoms with Crippen LogP contribution in [0.5, 0.6) is 5.75 Å². The van der Waals surface area contributed by atoms with Gasteiger partial charge in [-0.15, -0.1) is 0 Å². The number of nitrogens with zero attached hydrogens (tertiary/aromatic N) is 3. The smallest absolute Gasteiger partial charge is 0.348 e. The molecule has 1 N–H and O–H groups in total. The third-order valence-electron chi connectivity index (χ3n) is 2.31. The highest BCUT2D eigenvalue weighted by Gasteiger charge is 2.21. The van der Waals surface area contributed by atoms with Gasteiger partial charge >= 0.3 is 5.69 Å². The summed E-state index contributed by atoms with van der Waals surface area (Å²) in [5.41, 5.74) is 0.263. The molecule has 0 aliphatic rings. The van der Waals surface area contributed by atoms with Crippen molar-refractivity contribution >= 4 is 28.8 Å². The number of methoxy groups -OCH3 is 1. The van der Waals surface area contributed by atoms with E-state index in [1.54, 1.807) is 31.4 Å². The third kappa shape index (κ3) is 2.89. The van der Waals surface area contributed by atoms with Gasteiger partial charge in [-0.25, -0.2) is 9.97 Å². The van der Waals surface area contributed by atoms with Crippen LogP contribution in [0.3, 0.4) is 0 Å². The van der Waals surface area contributed by atoms with Crippen molar-refractivity contribution in [1.82, 2.24) is 9.97 Å². The molecule has 0 unspecified atom stereocenters. The maximum Gasteiger partial charge on any atom is 0.348 e. The molecule has 0 radical (unpaired) electrons. The molecule has 0 aliphatic carbocycles. The Morgan fingerprint density at radius 2 is 2.00 bits per heavy atom. The average Bonchev–Trinajstić information content (AvgIpc) is 2.39. The minimum atomic E-state index is -0.631. The van der Waals surface area contributed by atoms with Crippen molar-refractivity contribution in [2.24, 2.45) is 0 Å². The SMILES string of the molecule is COc1ccc(Nc2ncnc(Cl)c2[N+](=O)[O-])cc1. The second kappa shape index (κ2) is 5.49. The maximum atomic E-state index is 10.9. The summed E-state index contributed by atoms with van der Waals surface area (Å²) in [6.45, 7) is 0. The van der Waals surface area contributed by atoms with Crippen LogP contribution in [0.25, 0.3) is 0 Å². The number of nitro groups is 1. The number of halogens is 1. The summed E-state index contributed by atoms with van der Waals surface area (Å²) in [6, 6.07) is 6.85. The van der Waals surface area contributed by atoms with Crippen LogP contribution in [0, 0.1) is 10.1 Å². The summed E-state index contributed by atoms with van der Waals surface area (Å²) in [7, 11) is 1.55. The Hall–Kier alpha value is -2.41. The van der Waals surface area contributed by atoms with Crippen molar-refractivity contribution < 1.29 is 9.66 Å². The van der Waals surface area contributed by atoms with Crippen LogP contribution in [0.1, 0.15) is 0 Å². The minimum Gasteiger partial charge on any atom is -0.497 e. The van der Waals surface area contributed by atoms with Crippen LogP contribution in [-0.4, -0.2) is 22.0 Å². The summed E-state index contributed by atoms with van der Waals surface area (Å²) in [5, 5.41) is 13.5. The van der Waals surface area contributed by atoms with Crippen molar-refractivity contribution in [2.45, 2.75) is 0 Å². The molecule has 0 fully saturated rings. The van der Waals surface area contributed by atoms with Gasteiger partial charge in [-0.3, -0.25) is 10.1 Å². The summed E-state index contributed by atoms with van der Waals surface area (Å²) < 4.78 is 5.02. The highest BCUT2D eigenvalue weighted by molar-refractivity contribution is 6.31. The molecular formula is C11H9ClN4O3. The molecule has 1 aromatic carbocycles. The van der Waals surface area contributed by atoms with Gasteiger partial charge in [0.15, 0.2) is 0 Å². The van der Waals surface area contributed by atoms with Crippen LogP contribution in [0.4, 0.5) is 17.2 Å². The highest BCUT2D eigenvalue weighted by atomic mass is 35.5. The Morgan fingerprint density at radius 3 is 2.58 bits per heavy atom. The first kappa shape index (κ1) is 13.0. The Bertz CT molecular complexity index is 603. The lowest BCUT2D eigenvalue weighted by Crippen LogP contribution is -2.01. The predicted octanol–water partition coefficient (Wildman–Crippen LogP) is 2.79. The number of aromatic nitrogens is 2.